The predicted octanol–water partition coefficient (Wildman–Crippen LogP) is 4.91. The van der Waals surface area contributed by atoms with Crippen molar-refractivity contribution in [3.63, 3.8) is 0 Å². The van der Waals surface area contributed by atoms with Crippen molar-refractivity contribution in [2.45, 2.75) is 51.7 Å². The maximum atomic E-state index is 12.3. The van der Waals surface area contributed by atoms with Crippen molar-refractivity contribution in [1.29, 1.82) is 0 Å². The molecule has 9 heteroatoms. The summed E-state index contributed by atoms with van der Waals surface area (Å²) in [5.74, 6) is 2.01. The summed E-state index contributed by atoms with van der Waals surface area (Å²) in [5, 5.41) is 13.4. The fourth-order valence-corrected chi connectivity index (χ4v) is 4.19. The molecule has 1 aromatic heterocycles. The molecular weight excluding hydrogens is 462 g/mol. The average molecular weight is 496 g/mol. The van der Waals surface area contributed by atoms with E-state index >= 15 is 0 Å². The van der Waals surface area contributed by atoms with Crippen LogP contribution in [-0.2, 0) is 16.8 Å². The zero-order valence-electron chi connectivity index (χ0n) is 21.2. The van der Waals surface area contributed by atoms with Gasteiger partial charge in [-0.2, -0.15) is 5.10 Å². The largest absolute Gasteiger partial charge is 0.493 e. The van der Waals surface area contributed by atoms with Gasteiger partial charge in [0.2, 0.25) is 0 Å². The molecule has 1 heterocycles. The Hall–Kier alpha value is -3.33. The van der Waals surface area contributed by atoms with E-state index in [1.54, 1.807) is 19.4 Å². The number of rotatable bonds is 10. The normalized spacial score (nSPS) is 11.6. The molecule has 3 rings (SSSR count). The smallest absolute Gasteiger partial charge is 0.250 e. The lowest BCUT2D eigenvalue weighted by Crippen LogP contribution is -2.20. The van der Waals surface area contributed by atoms with Gasteiger partial charge in [-0.05, 0) is 48.6 Å². The number of amides is 1. The molecule has 2 aromatic carbocycles. The van der Waals surface area contributed by atoms with Crippen LogP contribution in [0.3, 0.4) is 0 Å². The van der Waals surface area contributed by atoms with Crippen LogP contribution in [0, 0.1) is 0 Å². The standard InChI is InChI=1S/C26H33N5O3S/c1-7-31-24(19-10-12-20(13-11-19)26(3,4)5)29-30-25(31)35-17-23(32)28-27-16-18-9-14-21(34-8-2)22(15-18)33-6/h9-16H,7-8,17H2,1-6H3,(H,28,32)/b27-16-. The fourth-order valence-electron chi connectivity index (χ4n) is 3.39. The Morgan fingerprint density at radius 1 is 1.11 bits per heavy atom. The number of carbonyl (C=O) groups excluding carboxylic acids is 1. The molecule has 0 spiro atoms. The molecule has 1 amide bonds. The molecule has 0 saturated heterocycles. The Balaban J connectivity index is 1.60. The lowest BCUT2D eigenvalue weighted by atomic mass is 9.87. The molecule has 0 bridgehead atoms. The zero-order chi connectivity index (χ0) is 25.4. The molecule has 186 valence electrons. The molecule has 8 nitrogen and oxygen atoms in total. The lowest BCUT2D eigenvalue weighted by Gasteiger charge is -2.19. The number of ether oxygens (including phenoxy) is 2. The van der Waals surface area contributed by atoms with Gasteiger partial charge in [-0.25, -0.2) is 5.43 Å². The number of benzene rings is 2. The van der Waals surface area contributed by atoms with E-state index < -0.39 is 0 Å². The number of carbonyl (C=O) groups is 1. The molecule has 0 unspecified atom stereocenters. The number of methoxy groups -OCH3 is 1. The molecule has 0 aliphatic carbocycles. The summed E-state index contributed by atoms with van der Waals surface area (Å²) in [5.41, 5.74) is 5.69. The molecule has 0 saturated carbocycles. The van der Waals surface area contributed by atoms with Crippen LogP contribution in [0.4, 0.5) is 0 Å². The van der Waals surface area contributed by atoms with Gasteiger partial charge >= 0.3 is 0 Å². The van der Waals surface area contributed by atoms with Gasteiger partial charge in [0.15, 0.2) is 22.5 Å². The summed E-state index contributed by atoms with van der Waals surface area (Å²) >= 11 is 1.33. The van der Waals surface area contributed by atoms with Crippen molar-refractivity contribution in [3.05, 3.63) is 53.6 Å². The summed E-state index contributed by atoms with van der Waals surface area (Å²) in [6.07, 6.45) is 1.56. The summed E-state index contributed by atoms with van der Waals surface area (Å²) in [7, 11) is 1.58. The molecule has 0 fully saturated rings. The second kappa shape index (κ2) is 11.9. The number of hydrazone groups is 1. The number of nitrogens with zero attached hydrogens (tertiary/aromatic N) is 4. The second-order valence-electron chi connectivity index (χ2n) is 8.80. The molecule has 0 aliphatic heterocycles. The molecule has 0 aliphatic rings. The van der Waals surface area contributed by atoms with E-state index in [-0.39, 0.29) is 17.1 Å². The highest BCUT2D eigenvalue weighted by Crippen LogP contribution is 2.28. The van der Waals surface area contributed by atoms with Crippen LogP contribution in [0.2, 0.25) is 0 Å². The van der Waals surface area contributed by atoms with Gasteiger partial charge in [0.25, 0.3) is 5.91 Å². The highest BCUT2D eigenvalue weighted by Gasteiger charge is 2.17. The van der Waals surface area contributed by atoms with Crippen LogP contribution >= 0.6 is 11.8 Å². The van der Waals surface area contributed by atoms with E-state index in [9.17, 15) is 4.79 Å². The minimum absolute atomic E-state index is 0.0901. The molecule has 3 aromatic rings. The van der Waals surface area contributed by atoms with E-state index in [2.05, 4.69) is 65.8 Å². The van der Waals surface area contributed by atoms with Gasteiger partial charge in [0.05, 0.1) is 25.7 Å². The van der Waals surface area contributed by atoms with Crippen molar-refractivity contribution >= 4 is 23.9 Å². The van der Waals surface area contributed by atoms with Crippen LogP contribution in [0.15, 0.2) is 52.7 Å². The van der Waals surface area contributed by atoms with E-state index in [0.717, 1.165) is 17.0 Å². The maximum Gasteiger partial charge on any atom is 0.250 e. The first-order chi connectivity index (χ1) is 16.8. The molecule has 0 radical (unpaired) electrons. The van der Waals surface area contributed by atoms with Crippen LogP contribution in [0.25, 0.3) is 11.4 Å². The first kappa shape index (κ1) is 26.3. The quantitative estimate of drug-likeness (QED) is 0.244. The summed E-state index contributed by atoms with van der Waals surface area (Å²) in [6.45, 7) is 11.8. The number of nitrogens with one attached hydrogen (secondary N) is 1. The summed E-state index contributed by atoms with van der Waals surface area (Å²) < 4.78 is 12.9. The van der Waals surface area contributed by atoms with E-state index in [4.69, 9.17) is 9.47 Å². The molecule has 1 N–H and O–H groups in total. The maximum absolute atomic E-state index is 12.3. The van der Waals surface area contributed by atoms with E-state index in [1.807, 2.05) is 30.5 Å². The number of hydrogen-bond donors (Lipinski definition) is 1. The second-order valence-corrected chi connectivity index (χ2v) is 9.75. The van der Waals surface area contributed by atoms with Crippen LogP contribution < -0.4 is 14.9 Å². The molecule has 35 heavy (non-hydrogen) atoms. The van der Waals surface area contributed by atoms with Crippen molar-refractivity contribution in [2.75, 3.05) is 19.5 Å². The third kappa shape index (κ3) is 6.85. The Bertz CT molecular complexity index is 1170. The zero-order valence-corrected chi connectivity index (χ0v) is 22.0. The minimum atomic E-state index is -0.231. The van der Waals surface area contributed by atoms with Gasteiger partial charge in [-0.3, -0.25) is 4.79 Å². The first-order valence-corrected chi connectivity index (χ1v) is 12.5. The Labute approximate surface area is 211 Å². The van der Waals surface area contributed by atoms with Gasteiger partial charge in [-0.15, -0.1) is 10.2 Å². The highest BCUT2D eigenvalue weighted by molar-refractivity contribution is 7.99. The SMILES string of the molecule is CCOc1ccc(/C=N\NC(=O)CSc2nnc(-c3ccc(C(C)(C)C)cc3)n2CC)cc1OC. The van der Waals surface area contributed by atoms with Crippen molar-refractivity contribution in [1.82, 2.24) is 20.2 Å². The van der Waals surface area contributed by atoms with Crippen molar-refractivity contribution < 1.29 is 14.3 Å². The third-order valence-corrected chi connectivity index (χ3v) is 6.23. The van der Waals surface area contributed by atoms with Gasteiger partial charge in [0, 0.05) is 12.1 Å². The number of hydrogen-bond acceptors (Lipinski definition) is 7. The van der Waals surface area contributed by atoms with Crippen LogP contribution in [0.5, 0.6) is 11.5 Å². The van der Waals surface area contributed by atoms with E-state index in [0.29, 0.717) is 29.8 Å². The number of thioether (sulfide) groups is 1. The van der Waals surface area contributed by atoms with Crippen molar-refractivity contribution in [2.24, 2.45) is 5.10 Å². The highest BCUT2D eigenvalue weighted by atomic mass is 32.2. The van der Waals surface area contributed by atoms with Gasteiger partial charge in [0.1, 0.15) is 0 Å². The Kier molecular flexibility index (Phi) is 8.92. The topological polar surface area (TPSA) is 90.6 Å². The van der Waals surface area contributed by atoms with Crippen molar-refractivity contribution in [3.8, 4) is 22.9 Å². The molecular formula is C26H33N5O3S. The average Bonchev–Trinajstić information content (AvgIpc) is 3.26. The van der Waals surface area contributed by atoms with Crippen LogP contribution in [-0.4, -0.2) is 46.4 Å². The monoisotopic (exact) mass is 495 g/mol. The first-order valence-electron chi connectivity index (χ1n) is 11.6. The summed E-state index contributed by atoms with van der Waals surface area (Å²) in [4.78, 5) is 12.3. The minimum Gasteiger partial charge on any atom is -0.493 e. The van der Waals surface area contributed by atoms with Gasteiger partial charge in [-0.1, -0.05) is 56.8 Å². The van der Waals surface area contributed by atoms with E-state index in [1.165, 1.54) is 17.3 Å². The van der Waals surface area contributed by atoms with Crippen LogP contribution in [0.1, 0.15) is 45.7 Å². The third-order valence-electron chi connectivity index (χ3n) is 5.26. The molecule has 0 atom stereocenters. The Morgan fingerprint density at radius 3 is 2.49 bits per heavy atom. The fraction of sp³-hybridized carbons (Fsp3) is 0.385. The lowest BCUT2D eigenvalue weighted by molar-refractivity contribution is -0.118. The Morgan fingerprint density at radius 2 is 1.86 bits per heavy atom. The van der Waals surface area contributed by atoms with Gasteiger partial charge < -0.3 is 14.0 Å². The predicted molar refractivity (Wildman–Crippen MR) is 140 cm³/mol. The number of aromatic nitrogens is 3. The summed E-state index contributed by atoms with van der Waals surface area (Å²) in [6, 6.07) is 13.9.